The van der Waals surface area contributed by atoms with Gasteiger partial charge in [-0.05, 0) is 37.0 Å². The molecule has 5 N–H and O–H groups in total. The van der Waals surface area contributed by atoms with Gasteiger partial charge in [-0.2, -0.15) is 0 Å². The van der Waals surface area contributed by atoms with E-state index in [2.05, 4.69) is 10.5 Å². The summed E-state index contributed by atoms with van der Waals surface area (Å²) in [6, 6.07) is 5.47. The summed E-state index contributed by atoms with van der Waals surface area (Å²) in [6.07, 6.45) is 2.83. The lowest BCUT2D eigenvalue weighted by atomic mass is 9.80. The third kappa shape index (κ3) is 3.20. The van der Waals surface area contributed by atoms with Crippen LogP contribution in [0.1, 0.15) is 30.4 Å². The average Bonchev–Trinajstić information content (AvgIpc) is 2.44. The molecule has 20 heavy (non-hydrogen) atoms. The number of ether oxygens (including phenoxy) is 1. The van der Waals surface area contributed by atoms with Gasteiger partial charge in [-0.15, -0.1) is 0 Å². The molecule has 0 aromatic heterocycles. The summed E-state index contributed by atoms with van der Waals surface area (Å²) in [5.41, 5.74) is 6.61. The van der Waals surface area contributed by atoms with Crippen LogP contribution in [0.3, 0.4) is 0 Å². The number of hydrogen-bond acceptors (Lipinski definition) is 5. The molecular formula is C14H21N3O3. The van der Waals surface area contributed by atoms with Crippen molar-refractivity contribution in [3.05, 3.63) is 29.3 Å². The second kappa shape index (κ2) is 6.11. The van der Waals surface area contributed by atoms with Crippen molar-refractivity contribution in [1.29, 1.82) is 0 Å². The average molecular weight is 279 g/mol. The van der Waals surface area contributed by atoms with E-state index in [1.165, 1.54) is 7.11 Å². The summed E-state index contributed by atoms with van der Waals surface area (Å²) in [5, 5.41) is 24.9. The Hall–Kier alpha value is -1.79. The molecule has 2 rings (SSSR count). The number of benzene rings is 1. The second-order valence-corrected chi connectivity index (χ2v) is 5.20. The molecule has 0 atom stereocenters. The summed E-state index contributed by atoms with van der Waals surface area (Å²) in [6.45, 7) is 1.23. The number of methoxy groups -OCH3 is 1. The van der Waals surface area contributed by atoms with E-state index in [1.807, 2.05) is 12.1 Å². The minimum absolute atomic E-state index is 0.0186. The zero-order chi connectivity index (χ0) is 14.6. The monoisotopic (exact) mass is 279 g/mol. The first kappa shape index (κ1) is 14.6. The van der Waals surface area contributed by atoms with Crippen LogP contribution in [0.4, 0.5) is 0 Å². The molecule has 0 radical (unpaired) electrons. The van der Waals surface area contributed by atoms with Crippen LogP contribution in [0.5, 0.6) is 5.75 Å². The maximum Gasteiger partial charge on any atom is 0.173 e. The minimum Gasteiger partial charge on any atom is -0.496 e. The van der Waals surface area contributed by atoms with E-state index in [0.717, 1.165) is 24.8 Å². The lowest BCUT2D eigenvalue weighted by Gasteiger charge is -2.36. The fourth-order valence-corrected chi connectivity index (χ4v) is 2.31. The van der Waals surface area contributed by atoms with Crippen molar-refractivity contribution in [3.8, 4) is 5.75 Å². The standard InChI is InChI=1S/C14H21N3O3/c1-20-12-7-10(3-4-11(12)13(15)17-19)8-16-9-14(18)5-2-6-14/h3-4,7,16,18-19H,2,5-6,8-9H2,1H3,(H2,15,17). The molecule has 0 heterocycles. The number of aliphatic hydroxyl groups is 1. The molecule has 1 aromatic rings. The fourth-order valence-electron chi connectivity index (χ4n) is 2.31. The Kier molecular flexibility index (Phi) is 4.46. The predicted molar refractivity (Wildman–Crippen MR) is 76.0 cm³/mol. The highest BCUT2D eigenvalue weighted by Crippen LogP contribution is 2.30. The maximum atomic E-state index is 9.99. The van der Waals surface area contributed by atoms with E-state index in [9.17, 15) is 5.11 Å². The first-order valence-corrected chi connectivity index (χ1v) is 6.66. The Bertz CT molecular complexity index is 498. The highest BCUT2D eigenvalue weighted by molar-refractivity contribution is 5.99. The van der Waals surface area contributed by atoms with E-state index in [4.69, 9.17) is 15.7 Å². The highest BCUT2D eigenvalue weighted by Gasteiger charge is 2.33. The topological polar surface area (TPSA) is 100 Å². The first-order valence-electron chi connectivity index (χ1n) is 6.66. The molecule has 110 valence electrons. The van der Waals surface area contributed by atoms with E-state index >= 15 is 0 Å². The number of rotatable bonds is 6. The number of hydrogen-bond donors (Lipinski definition) is 4. The quantitative estimate of drug-likeness (QED) is 0.267. The lowest BCUT2D eigenvalue weighted by Crippen LogP contribution is -2.45. The number of nitrogens with zero attached hydrogens (tertiary/aromatic N) is 1. The second-order valence-electron chi connectivity index (χ2n) is 5.20. The summed E-state index contributed by atoms with van der Waals surface area (Å²) >= 11 is 0. The van der Waals surface area contributed by atoms with Crippen LogP contribution in [0.25, 0.3) is 0 Å². The largest absolute Gasteiger partial charge is 0.496 e. The molecule has 1 fully saturated rings. The van der Waals surface area contributed by atoms with Gasteiger partial charge in [0.05, 0.1) is 18.3 Å². The highest BCUT2D eigenvalue weighted by atomic mass is 16.5. The molecule has 0 unspecified atom stereocenters. The molecule has 6 heteroatoms. The van der Waals surface area contributed by atoms with Gasteiger partial charge in [-0.1, -0.05) is 11.2 Å². The van der Waals surface area contributed by atoms with Crippen LogP contribution in [0.2, 0.25) is 0 Å². The Morgan fingerprint density at radius 2 is 2.25 bits per heavy atom. The molecule has 1 aliphatic carbocycles. The van der Waals surface area contributed by atoms with E-state index in [1.54, 1.807) is 6.07 Å². The summed E-state index contributed by atoms with van der Waals surface area (Å²) in [5.74, 6) is 0.576. The van der Waals surface area contributed by atoms with Gasteiger partial charge >= 0.3 is 0 Å². The van der Waals surface area contributed by atoms with Crippen molar-refractivity contribution >= 4 is 5.84 Å². The molecule has 1 aromatic carbocycles. The van der Waals surface area contributed by atoms with Crippen LogP contribution in [-0.4, -0.2) is 35.4 Å². The lowest BCUT2D eigenvalue weighted by molar-refractivity contribution is -0.0314. The van der Waals surface area contributed by atoms with Gasteiger partial charge in [0.25, 0.3) is 0 Å². The molecular weight excluding hydrogens is 258 g/mol. The molecule has 6 nitrogen and oxygen atoms in total. The molecule has 0 aliphatic heterocycles. The third-order valence-electron chi connectivity index (χ3n) is 3.72. The Labute approximate surface area is 118 Å². The molecule has 1 saturated carbocycles. The smallest absolute Gasteiger partial charge is 0.173 e. The Balaban J connectivity index is 1.98. The van der Waals surface area contributed by atoms with Gasteiger partial charge in [0, 0.05) is 13.1 Å². The van der Waals surface area contributed by atoms with Gasteiger partial charge in [0.2, 0.25) is 0 Å². The van der Waals surface area contributed by atoms with Crippen LogP contribution in [0, 0.1) is 0 Å². The van der Waals surface area contributed by atoms with Gasteiger partial charge < -0.3 is 26.1 Å². The van der Waals surface area contributed by atoms with Gasteiger partial charge in [0.1, 0.15) is 5.75 Å². The molecule has 0 spiro atoms. The zero-order valence-electron chi connectivity index (χ0n) is 11.6. The molecule has 0 bridgehead atoms. The van der Waals surface area contributed by atoms with Gasteiger partial charge in [-0.3, -0.25) is 0 Å². The van der Waals surface area contributed by atoms with Crippen molar-refractivity contribution in [2.75, 3.05) is 13.7 Å². The molecule has 1 aliphatic rings. The van der Waals surface area contributed by atoms with Crippen molar-refractivity contribution in [3.63, 3.8) is 0 Å². The van der Waals surface area contributed by atoms with Crippen molar-refractivity contribution in [1.82, 2.24) is 5.32 Å². The normalized spacial score (nSPS) is 17.6. The SMILES string of the molecule is COc1cc(CNCC2(O)CCC2)ccc1/C(N)=N/O. The van der Waals surface area contributed by atoms with Crippen molar-refractivity contribution in [2.45, 2.75) is 31.4 Å². The first-order chi connectivity index (χ1) is 9.58. The van der Waals surface area contributed by atoms with E-state index in [0.29, 0.717) is 24.4 Å². The number of amidine groups is 1. The molecule has 0 saturated heterocycles. The Morgan fingerprint density at radius 3 is 2.80 bits per heavy atom. The molecule has 0 amide bonds. The van der Waals surface area contributed by atoms with Crippen LogP contribution >= 0.6 is 0 Å². The van der Waals surface area contributed by atoms with Crippen LogP contribution < -0.4 is 15.8 Å². The van der Waals surface area contributed by atoms with Crippen molar-refractivity contribution < 1.29 is 15.1 Å². The van der Waals surface area contributed by atoms with Gasteiger partial charge in [-0.25, -0.2) is 0 Å². The maximum absolute atomic E-state index is 9.99. The number of nitrogens with one attached hydrogen (secondary N) is 1. The number of nitrogens with two attached hydrogens (primary N) is 1. The minimum atomic E-state index is -0.530. The summed E-state index contributed by atoms with van der Waals surface area (Å²) < 4.78 is 5.24. The van der Waals surface area contributed by atoms with Crippen LogP contribution in [0.15, 0.2) is 23.4 Å². The van der Waals surface area contributed by atoms with Crippen molar-refractivity contribution in [2.24, 2.45) is 10.9 Å². The van der Waals surface area contributed by atoms with Gasteiger partial charge in [0.15, 0.2) is 5.84 Å². The summed E-state index contributed by atoms with van der Waals surface area (Å²) in [7, 11) is 1.54. The van der Waals surface area contributed by atoms with Crippen LogP contribution in [-0.2, 0) is 6.54 Å². The third-order valence-corrected chi connectivity index (χ3v) is 3.72. The van der Waals surface area contributed by atoms with E-state index in [-0.39, 0.29) is 5.84 Å². The summed E-state index contributed by atoms with van der Waals surface area (Å²) in [4.78, 5) is 0. The Morgan fingerprint density at radius 1 is 1.50 bits per heavy atom. The zero-order valence-corrected chi connectivity index (χ0v) is 11.6. The van der Waals surface area contributed by atoms with E-state index < -0.39 is 5.60 Å². The fraction of sp³-hybridized carbons (Fsp3) is 0.500. The number of oxime groups is 1. The predicted octanol–water partition coefficient (Wildman–Crippen LogP) is 0.794.